The Bertz CT molecular complexity index is 745. The lowest BCUT2D eigenvalue weighted by atomic mass is 9.97. The van der Waals surface area contributed by atoms with Crippen LogP contribution in [0.15, 0.2) is 22.6 Å². The minimum Gasteiger partial charge on any atom is -0.423 e. The van der Waals surface area contributed by atoms with E-state index in [4.69, 9.17) is 21.8 Å². The number of nitrogens with two attached hydrogens (primary N) is 1. The average Bonchev–Trinajstić information content (AvgIpc) is 2.95. The Morgan fingerprint density at radius 1 is 1.48 bits per heavy atom. The van der Waals surface area contributed by atoms with Gasteiger partial charge in [0.1, 0.15) is 5.52 Å². The fourth-order valence-electron chi connectivity index (χ4n) is 2.71. The summed E-state index contributed by atoms with van der Waals surface area (Å²) in [6, 6.07) is 5.74. The van der Waals surface area contributed by atoms with Gasteiger partial charge in [0.25, 0.3) is 6.01 Å². The summed E-state index contributed by atoms with van der Waals surface area (Å²) in [6.45, 7) is 1.11. The Morgan fingerprint density at radius 2 is 2.30 bits per heavy atom. The van der Waals surface area contributed by atoms with Crippen LogP contribution < -0.4 is 16.0 Å². The van der Waals surface area contributed by atoms with Gasteiger partial charge in [0.2, 0.25) is 11.8 Å². The largest absolute Gasteiger partial charge is 0.423 e. The number of nitrogens with one attached hydrogen (secondary N) is 1. The first-order valence-corrected chi connectivity index (χ1v) is 7.78. The van der Waals surface area contributed by atoms with Crippen LogP contribution >= 0.6 is 11.6 Å². The van der Waals surface area contributed by atoms with E-state index in [0.29, 0.717) is 28.7 Å². The number of carbonyl (C=O) groups excluding carboxylic acids is 2. The number of amides is 2. The van der Waals surface area contributed by atoms with Crippen LogP contribution in [0.5, 0.6) is 0 Å². The van der Waals surface area contributed by atoms with E-state index in [1.54, 1.807) is 18.2 Å². The van der Waals surface area contributed by atoms with Gasteiger partial charge >= 0.3 is 0 Å². The lowest BCUT2D eigenvalue weighted by Gasteiger charge is -2.30. The van der Waals surface area contributed by atoms with Gasteiger partial charge in [-0.15, -0.1) is 0 Å². The Hall–Kier alpha value is -2.28. The first-order chi connectivity index (χ1) is 11.0. The summed E-state index contributed by atoms with van der Waals surface area (Å²) in [5.74, 6) is -0.948. The SMILES string of the molecule is NC(=O)CNC(=O)C1CCCN(c2nc3cc(Cl)ccc3o2)C1. The van der Waals surface area contributed by atoms with E-state index < -0.39 is 5.91 Å². The minimum absolute atomic E-state index is 0.142. The molecule has 1 aliphatic rings. The van der Waals surface area contributed by atoms with Crippen LogP contribution in [0, 0.1) is 5.92 Å². The highest BCUT2D eigenvalue weighted by Crippen LogP contribution is 2.27. The van der Waals surface area contributed by atoms with Gasteiger partial charge in [0.05, 0.1) is 12.5 Å². The number of fused-ring (bicyclic) bond motifs is 1. The highest BCUT2D eigenvalue weighted by atomic mass is 35.5. The van der Waals surface area contributed by atoms with Crippen LogP contribution in [0.1, 0.15) is 12.8 Å². The number of carbonyl (C=O) groups is 2. The van der Waals surface area contributed by atoms with E-state index >= 15 is 0 Å². The average molecular weight is 337 g/mol. The number of oxazole rings is 1. The fourth-order valence-corrected chi connectivity index (χ4v) is 2.87. The van der Waals surface area contributed by atoms with E-state index in [9.17, 15) is 9.59 Å². The van der Waals surface area contributed by atoms with Crippen molar-refractivity contribution in [2.45, 2.75) is 12.8 Å². The maximum Gasteiger partial charge on any atom is 0.298 e. The zero-order chi connectivity index (χ0) is 16.4. The van der Waals surface area contributed by atoms with Crippen LogP contribution in [0.3, 0.4) is 0 Å². The van der Waals surface area contributed by atoms with Crippen LogP contribution in [0.4, 0.5) is 6.01 Å². The van der Waals surface area contributed by atoms with Crippen molar-refractivity contribution in [1.82, 2.24) is 10.3 Å². The molecule has 8 heteroatoms. The summed E-state index contributed by atoms with van der Waals surface area (Å²) in [5.41, 5.74) is 6.39. The topological polar surface area (TPSA) is 101 Å². The maximum absolute atomic E-state index is 12.1. The fraction of sp³-hybridized carbons (Fsp3) is 0.400. The monoisotopic (exact) mass is 336 g/mol. The van der Waals surface area contributed by atoms with Crippen molar-refractivity contribution in [3.05, 3.63) is 23.2 Å². The maximum atomic E-state index is 12.1. The number of halogens is 1. The van der Waals surface area contributed by atoms with Crippen molar-refractivity contribution in [3.63, 3.8) is 0 Å². The molecule has 1 atom stereocenters. The van der Waals surface area contributed by atoms with E-state index in [1.165, 1.54) is 0 Å². The molecule has 0 saturated carbocycles. The summed E-state index contributed by atoms with van der Waals surface area (Å²) in [5, 5.41) is 3.15. The predicted molar refractivity (Wildman–Crippen MR) is 86.2 cm³/mol. The molecular formula is C15H17ClN4O3. The summed E-state index contributed by atoms with van der Waals surface area (Å²) in [6.07, 6.45) is 1.60. The number of hydrogen-bond donors (Lipinski definition) is 2. The van der Waals surface area contributed by atoms with Gasteiger partial charge in [-0.3, -0.25) is 9.59 Å². The first kappa shape index (κ1) is 15.6. The number of hydrogen-bond acceptors (Lipinski definition) is 5. The van der Waals surface area contributed by atoms with Crippen LogP contribution in [-0.4, -0.2) is 36.4 Å². The molecule has 1 aliphatic heterocycles. The predicted octanol–water partition coefficient (Wildman–Crippen LogP) is 1.30. The van der Waals surface area contributed by atoms with Gasteiger partial charge in [-0.05, 0) is 31.0 Å². The zero-order valence-electron chi connectivity index (χ0n) is 12.4. The van der Waals surface area contributed by atoms with Crippen molar-refractivity contribution >= 4 is 40.5 Å². The molecule has 3 N–H and O–H groups in total. The Kier molecular flexibility index (Phi) is 4.38. The second-order valence-electron chi connectivity index (χ2n) is 5.58. The summed E-state index contributed by atoms with van der Waals surface area (Å²) in [4.78, 5) is 29.2. The third kappa shape index (κ3) is 3.56. The molecule has 1 aromatic carbocycles. The number of aromatic nitrogens is 1. The molecule has 1 aromatic heterocycles. The lowest BCUT2D eigenvalue weighted by molar-refractivity contribution is -0.127. The zero-order valence-corrected chi connectivity index (χ0v) is 13.2. The second kappa shape index (κ2) is 6.45. The van der Waals surface area contributed by atoms with Gasteiger partial charge in [-0.2, -0.15) is 4.98 Å². The molecule has 1 saturated heterocycles. The Morgan fingerprint density at radius 3 is 3.09 bits per heavy atom. The molecule has 3 rings (SSSR count). The van der Waals surface area contributed by atoms with Crippen molar-refractivity contribution in [1.29, 1.82) is 0 Å². The number of rotatable bonds is 4. The number of anilines is 1. The molecule has 0 aliphatic carbocycles. The normalized spacial score (nSPS) is 18.1. The van der Waals surface area contributed by atoms with E-state index in [1.807, 2.05) is 4.90 Å². The number of piperidine rings is 1. The standard InChI is InChI=1S/C15H17ClN4O3/c16-10-3-4-12-11(6-10)19-15(23-12)20-5-1-2-9(8-20)14(22)18-7-13(17)21/h3-4,6,9H,1-2,5,7-8H2,(H2,17,21)(H,18,22). The molecule has 23 heavy (non-hydrogen) atoms. The lowest BCUT2D eigenvalue weighted by Crippen LogP contribution is -2.45. The number of benzene rings is 1. The van der Waals surface area contributed by atoms with Crippen LogP contribution in [-0.2, 0) is 9.59 Å². The molecule has 0 bridgehead atoms. The van der Waals surface area contributed by atoms with E-state index in [0.717, 1.165) is 19.4 Å². The second-order valence-corrected chi connectivity index (χ2v) is 6.01. The third-order valence-corrected chi connectivity index (χ3v) is 4.07. The Balaban J connectivity index is 1.72. The number of primary amides is 1. The molecule has 2 aromatic rings. The summed E-state index contributed by atoms with van der Waals surface area (Å²) >= 11 is 5.95. The van der Waals surface area contributed by atoms with Crippen molar-refractivity contribution in [3.8, 4) is 0 Å². The first-order valence-electron chi connectivity index (χ1n) is 7.40. The minimum atomic E-state index is -0.554. The van der Waals surface area contributed by atoms with Crippen molar-refractivity contribution < 1.29 is 14.0 Å². The molecule has 1 fully saturated rings. The van der Waals surface area contributed by atoms with Gasteiger partial charge in [0, 0.05) is 18.1 Å². The molecule has 122 valence electrons. The molecule has 0 spiro atoms. The van der Waals surface area contributed by atoms with Crippen molar-refractivity contribution in [2.75, 3.05) is 24.5 Å². The van der Waals surface area contributed by atoms with Crippen molar-refractivity contribution in [2.24, 2.45) is 11.7 Å². The highest BCUT2D eigenvalue weighted by Gasteiger charge is 2.28. The molecule has 1 unspecified atom stereocenters. The molecule has 0 radical (unpaired) electrons. The third-order valence-electron chi connectivity index (χ3n) is 3.84. The Labute approximate surface area is 137 Å². The molecule has 7 nitrogen and oxygen atoms in total. The van der Waals surface area contributed by atoms with Gasteiger partial charge in [-0.25, -0.2) is 0 Å². The van der Waals surface area contributed by atoms with E-state index in [2.05, 4.69) is 10.3 Å². The summed E-state index contributed by atoms with van der Waals surface area (Å²) < 4.78 is 5.74. The van der Waals surface area contributed by atoms with Crippen LogP contribution in [0.2, 0.25) is 5.02 Å². The quantitative estimate of drug-likeness (QED) is 0.876. The molecule has 2 heterocycles. The van der Waals surface area contributed by atoms with Gasteiger partial charge in [0.15, 0.2) is 5.58 Å². The number of nitrogens with zero attached hydrogens (tertiary/aromatic N) is 2. The molecular weight excluding hydrogens is 320 g/mol. The van der Waals surface area contributed by atoms with Gasteiger partial charge < -0.3 is 20.4 Å². The van der Waals surface area contributed by atoms with Gasteiger partial charge in [-0.1, -0.05) is 11.6 Å². The van der Waals surface area contributed by atoms with E-state index in [-0.39, 0.29) is 18.4 Å². The smallest absolute Gasteiger partial charge is 0.298 e. The highest BCUT2D eigenvalue weighted by molar-refractivity contribution is 6.31. The molecule has 2 amide bonds. The summed E-state index contributed by atoms with van der Waals surface area (Å²) in [7, 11) is 0. The van der Waals surface area contributed by atoms with Crippen LogP contribution in [0.25, 0.3) is 11.1 Å².